The molecule has 9 heteroatoms. The second kappa shape index (κ2) is 6.39. The van der Waals surface area contributed by atoms with Gasteiger partial charge in [0.05, 0.1) is 11.1 Å². The van der Waals surface area contributed by atoms with Gasteiger partial charge in [-0.3, -0.25) is 9.20 Å². The zero-order valence-electron chi connectivity index (χ0n) is 13.6. The Hall–Kier alpha value is -2.42. The molecule has 3 aromatic rings. The number of hydrogen-bond acceptors (Lipinski definition) is 4. The number of thiophene rings is 1. The molecule has 0 radical (unpaired) electrons. The Morgan fingerprint density at radius 3 is 2.81 bits per heavy atom. The number of hydrogen-bond donors (Lipinski definition) is 0. The van der Waals surface area contributed by atoms with E-state index in [9.17, 15) is 18.0 Å². The van der Waals surface area contributed by atoms with E-state index in [-0.39, 0.29) is 11.8 Å². The van der Waals surface area contributed by atoms with E-state index in [1.165, 1.54) is 21.8 Å². The summed E-state index contributed by atoms with van der Waals surface area (Å²) in [6.45, 7) is 1.06. The van der Waals surface area contributed by atoms with Crippen LogP contribution in [-0.4, -0.2) is 38.5 Å². The number of halogens is 3. The first-order valence-electron chi connectivity index (χ1n) is 8.17. The van der Waals surface area contributed by atoms with E-state index in [4.69, 9.17) is 0 Å². The summed E-state index contributed by atoms with van der Waals surface area (Å²) in [6.07, 6.45) is -1.87. The number of carbonyl (C=O) groups excluding carboxylic acids is 1. The van der Waals surface area contributed by atoms with Gasteiger partial charge in [0, 0.05) is 30.6 Å². The molecule has 0 saturated carbocycles. The van der Waals surface area contributed by atoms with Crippen molar-refractivity contribution in [3.05, 3.63) is 52.1 Å². The molecule has 1 unspecified atom stereocenters. The zero-order chi connectivity index (χ0) is 18.3. The first-order valence-corrected chi connectivity index (χ1v) is 9.11. The van der Waals surface area contributed by atoms with Crippen LogP contribution in [0, 0.1) is 0 Å². The molecule has 0 spiro atoms. The van der Waals surface area contributed by atoms with Gasteiger partial charge in [0.2, 0.25) is 0 Å². The second-order valence-electron chi connectivity index (χ2n) is 6.30. The number of carbonyl (C=O) groups is 1. The average Bonchev–Trinajstić information content (AvgIpc) is 3.29. The summed E-state index contributed by atoms with van der Waals surface area (Å²) in [6, 6.07) is 4.09. The Labute approximate surface area is 151 Å². The molecule has 0 aliphatic carbocycles. The quantitative estimate of drug-likeness (QED) is 0.679. The van der Waals surface area contributed by atoms with Crippen molar-refractivity contribution in [3.8, 4) is 0 Å². The lowest BCUT2D eigenvalue weighted by molar-refractivity contribution is -0.137. The predicted octanol–water partition coefficient (Wildman–Crippen LogP) is 3.83. The van der Waals surface area contributed by atoms with Gasteiger partial charge in [0.1, 0.15) is 5.82 Å². The minimum Gasteiger partial charge on any atom is -0.338 e. The van der Waals surface area contributed by atoms with Crippen LogP contribution < -0.4 is 0 Å². The van der Waals surface area contributed by atoms with Crippen molar-refractivity contribution >= 4 is 22.9 Å². The van der Waals surface area contributed by atoms with Gasteiger partial charge in [-0.2, -0.15) is 24.5 Å². The van der Waals surface area contributed by atoms with E-state index in [2.05, 4.69) is 10.2 Å². The fourth-order valence-electron chi connectivity index (χ4n) is 3.30. The van der Waals surface area contributed by atoms with Gasteiger partial charge in [0.15, 0.2) is 5.65 Å². The first kappa shape index (κ1) is 17.0. The summed E-state index contributed by atoms with van der Waals surface area (Å²) in [7, 11) is 0. The highest BCUT2D eigenvalue weighted by molar-refractivity contribution is 7.08. The Morgan fingerprint density at radius 1 is 1.23 bits per heavy atom. The van der Waals surface area contributed by atoms with Crippen LogP contribution in [0.3, 0.4) is 0 Å². The minimum atomic E-state index is -4.43. The molecule has 0 bridgehead atoms. The lowest BCUT2D eigenvalue weighted by Gasteiger charge is -2.31. The van der Waals surface area contributed by atoms with Crippen LogP contribution in [0.5, 0.6) is 0 Å². The molecule has 1 aliphatic rings. The molecule has 5 nitrogen and oxygen atoms in total. The van der Waals surface area contributed by atoms with Gasteiger partial charge in [0.25, 0.3) is 5.91 Å². The zero-order valence-corrected chi connectivity index (χ0v) is 14.4. The van der Waals surface area contributed by atoms with Crippen LogP contribution in [0.2, 0.25) is 0 Å². The molecule has 1 amide bonds. The number of amides is 1. The van der Waals surface area contributed by atoms with Crippen molar-refractivity contribution in [2.45, 2.75) is 24.9 Å². The molecule has 0 N–H and O–H groups in total. The summed E-state index contributed by atoms with van der Waals surface area (Å²) in [5.41, 5.74) is 0.267. The first-order chi connectivity index (χ1) is 12.4. The minimum absolute atomic E-state index is 0.0549. The van der Waals surface area contributed by atoms with Crippen LogP contribution in [0.15, 0.2) is 35.2 Å². The van der Waals surface area contributed by atoms with Crippen molar-refractivity contribution < 1.29 is 18.0 Å². The number of fused-ring (bicyclic) bond motifs is 1. The van der Waals surface area contributed by atoms with Crippen LogP contribution >= 0.6 is 11.3 Å². The Kier molecular flexibility index (Phi) is 4.18. The molecule has 1 saturated heterocycles. The van der Waals surface area contributed by atoms with E-state index in [0.717, 1.165) is 25.1 Å². The highest BCUT2D eigenvalue weighted by atomic mass is 32.1. The van der Waals surface area contributed by atoms with Crippen LogP contribution in [0.25, 0.3) is 5.65 Å². The van der Waals surface area contributed by atoms with Crippen LogP contribution in [-0.2, 0) is 6.18 Å². The van der Waals surface area contributed by atoms with Crippen molar-refractivity contribution in [2.24, 2.45) is 0 Å². The summed E-state index contributed by atoms with van der Waals surface area (Å²) in [5, 5.41) is 11.7. The fourth-order valence-corrected chi connectivity index (χ4v) is 3.93. The van der Waals surface area contributed by atoms with Crippen LogP contribution in [0.1, 0.15) is 40.5 Å². The monoisotopic (exact) mass is 380 g/mol. The van der Waals surface area contributed by atoms with Gasteiger partial charge >= 0.3 is 6.18 Å². The van der Waals surface area contributed by atoms with Gasteiger partial charge in [-0.1, -0.05) is 0 Å². The number of alkyl halides is 3. The second-order valence-corrected chi connectivity index (χ2v) is 7.08. The highest BCUT2D eigenvalue weighted by Crippen LogP contribution is 2.31. The Bertz CT molecular complexity index is 935. The molecule has 1 aliphatic heterocycles. The number of piperidine rings is 1. The standard InChI is InChI=1S/C17H15F3N4OS/c18-17(19,20)13-3-4-14-21-22-15(24(14)9-13)11-2-1-6-23(8-11)16(25)12-5-7-26-10-12/h3-5,7,9-11H,1-2,6,8H2. The molecule has 4 heterocycles. The summed E-state index contributed by atoms with van der Waals surface area (Å²) >= 11 is 1.46. The molecular formula is C17H15F3N4OS. The maximum atomic E-state index is 13.0. The number of nitrogens with zero attached hydrogens (tertiary/aromatic N) is 4. The highest BCUT2D eigenvalue weighted by Gasteiger charge is 2.33. The van der Waals surface area contributed by atoms with E-state index < -0.39 is 11.7 Å². The van der Waals surface area contributed by atoms with Crippen molar-refractivity contribution in [1.29, 1.82) is 0 Å². The lowest BCUT2D eigenvalue weighted by Crippen LogP contribution is -2.39. The summed E-state index contributed by atoms with van der Waals surface area (Å²) < 4.78 is 40.4. The maximum Gasteiger partial charge on any atom is 0.417 e. The fraction of sp³-hybridized carbons (Fsp3) is 0.353. The molecule has 1 fully saturated rings. The molecular weight excluding hydrogens is 365 g/mol. The molecule has 4 rings (SSSR count). The third-order valence-corrected chi connectivity index (χ3v) is 5.28. The van der Waals surface area contributed by atoms with E-state index >= 15 is 0 Å². The van der Waals surface area contributed by atoms with Gasteiger partial charge in [-0.15, -0.1) is 10.2 Å². The van der Waals surface area contributed by atoms with Gasteiger partial charge in [-0.25, -0.2) is 0 Å². The largest absolute Gasteiger partial charge is 0.417 e. The third-order valence-electron chi connectivity index (χ3n) is 4.60. The molecule has 26 heavy (non-hydrogen) atoms. The molecule has 1 atom stereocenters. The lowest BCUT2D eigenvalue weighted by atomic mass is 9.96. The third kappa shape index (κ3) is 3.07. The normalized spacial score (nSPS) is 18.4. The number of pyridine rings is 1. The van der Waals surface area contributed by atoms with Crippen molar-refractivity contribution in [3.63, 3.8) is 0 Å². The average molecular weight is 380 g/mol. The summed E-state index contributed by atoms with van der Waals surface area (Å²) in [5.74, 6) is 0.263. The van der Waals surface area contributed by atoms with Gasteiger partial charge < -0.3 is 4.90 Å². The molecule has 136 valence electrons. The van der Waals surface area contributed by atoms with Crippen molar-refractivity contribution in [2.75, 3.05) is 13.1 Å². The number of likely N-dealkylation sites (tertiary alicyclic amines) is 1. The SMILES string of the molecule is O=C(c1ccsc1)N1CCCC(c2nnc3ccc(C(F)(F)F)cn23)C1. The van der Waals surface area contributed by atoms with Crippen LogP contribution in [0.4, 0.5) is 13.2 Å². The Morgan fingerprint density at radius 2 is 2.08 bits per heavy atom. The summed E-state index contributed by atoms with van der Waals surface area (Å²) in [4.78, 5) is 14.3. The molecule has 0 aromatic carbocycles. The van der Waals surface area contributed by atoms with E-state index in [0.29, 0.717) is 30.1 Å². The molecule has 3 aromatic heterocycles. The number of aromatic nitrogens is 3. The van der Waals surface area contributed by atoms with E-state index in [1.807, 2.05) is 5.38 Å². The predicted molar refractivity (Wildman–Crippen MR) is 90.2 cm³/mol. The topological polar surface area (TPSA) is 50.5 Å². The smallest absolute Gasteiger partial charge is 0.338 e. The van der Waals surface area contributed by atoms with E-state index in [1.54, 1.807) is 16.3 Å². The van der Waals surface area contributed by atoms with Gasteiger partial charge in [-0.05, 0) is 36.4 Å². The number of rotatable bonds is 2. The Balaban J connectivity index is 1.63. The maximum absolute atomic E-state index is 13.0. The van der Waals surface area contributed by atoms with Crippen molar-refractivity contribution in [1.82, 2.24) is 19.5 Å².